The standard InChI is InChI=1S/C19H17FN4O/c1-12-4-3-5-17(13(12)2)24-18(25)14-10-21-19(22-11-14)23-16-8-6-15(20)7-9-16/h3-11H,1-2H3,(H,24,25)(H,21,22,23). The van der Waals surface area contributed by atoms with E-state index in [-0.39, 0.29) is 11.7 Å². The van der Waals surface area contributed by atoms with E-state index in [0.717, 1.165) is 16.8 Å². The van der Waals surface area contributed by atoms with Crippen molar-refractivity contribution < 1.29 is 9.18 Å². The molecule has 3 rings (SSSR count). The van der Waals surface area contributed by atoms with E-state index < -0.39 is 0 Å². The Bertz CT molecular complexity index is 892. The van der Waals surface area contributed by atoms with Crippen LogP contribution in [0.3, 0.4) is 0 Å². The summed E-state index contributed by atoms with van der Waals surface area (Å²) < 4.78 is 12.9. The van der Waals surface area contributed by atoms with Gasteiger partial charge in [-0.15, -0.1) is 0 Å². The molecular formula is C19H17FN4O. The van der Waals surface area contributed by atoms with Crippen molar-refractivity contribution in [1.82, 2.24) is 9.97 Å². The fourth-order valence-corrected chi connectivity index (χ4v) is 2.25. The van der Waals surface area contributed by atoms with E-state index in [2.05, 4.69) is 20.6 Å². The third kappa shape index (κ3) is 3.98. The molecule has 0 atom stereocenters. The SMILES string of the molecule is Cc1cccc(NC(=O)c2cnc(Nc3ccc(F)cc3)nc2)c1C. The Morgan fingerprint density at radius 2 is 1.68 bits per heavy atom. The lowest BCUT2D eigenvalue weighted by Crippen LogP contribution is -2.14. The predicted molar refractivity (Wildman–Crippen MR) is 95.6 cm³/mol. The Hall–Kier alpha value is -3.28. The zero-order valence-corrected chi connectivity index (χ0v) is 13.9. The van der Waals surface area contributed by atoms with Crippen molar-refractivity contribution in [3.05, 3.63) is 77.4 Å². The molecule has 0 radical (unpaired) electrons. The highest BCUT2D eigenvalue weighted by molar-refractivity contribution is 6.04. The molecule has 1 amide bonds. The van der Waals surface area contributed by atoms with Crippen LogP contribution >= 0.6 is 0 Å². The van der Waals surface area contributed by atoms with Crippen LogP contribution < -0.4 is 10.6 Å². The van der Waals surface area contributed by atoms with Crippen molar-refractivity contribution in [2.75, 3.05) is 10.6 Å². The highest BCUT2D eigenvalue weighted by Crippen LogP contribution is 2.19. The van der Waals surface area contributed by atoms with E-state index in [1.54, 1.807) is 12.1 Å². The first-order valence-electron chi connectivity index (χ1n) is 7.75. The number of anilines is 3. The summed E-state index contributed by atoms with van der Waals surface area (Å²) in [6.07, 6.45) is 2.89. The van der Waals surface area contributed by atoms with E-state index in [1.807, 2.05) is 32.0 Å². The molecule has 0 aliphatic heterocycles. The number of nitrogens with zero attached hydrogens (tertiary/aromatic N) is 2. The van der Waals surface area contributed by atoms with E-state index in [1.165, 1.54) is 24.5 Å². The number of aromatic nitrogens is 2. The molecule has 0 aliphatic carbocycles. The summed E-state index contributed by atoms with van der Waals surface area (Å²) in [5.74, 6) is -0.262. The molecule has 0 fully saturated rings. The average Bonchev–Trinajstić information content (AvgIpc) is 2.61. The van der Waals surface area contributed by atoms with Crippen molar-refractivity contribution >= 4 is 23.2 Å². The zero-order valence-electron chi connectivity index (χ0n) is 13.9. The monoisotopic (exact) mass is 336 g/mol. The van der Waals surface area contributed by atoms with Gasteiger partial charge in [-0.05, 0) is 55.3 Å². The number of nitrogens with one attached hydrogen (secondary N) is 2. The minimum atomic E-state index is -0.315. The predicted octanol–water partition coefficient (Wildman–Crippen LogP) is 4.23. The molecule has 5 nitrogen and oxygen atoms in total. The zero-order chi connectivity index (χ0) is 17.8. The third-order valence-corrected chi connectivity index (χ3v) is 3.87. The molecule has 0 aliphatic rings. The number of halogens is 1. The van der Waals surface area contributed by atoms with Gasteiger partial charge in [0.1, 0.15) is 5.82 Å². The highest BCUT2D eigenvalue weighted by atomic mass is 19.1. The Morgan fingerprint density at radius 3 is 2.36 bits per heavy atom. The maximum Gasteiger partial charge on any atom is 0.258 e. The van der Waals surface area contributed by atoms with Crippen LogP contribution in [0.4, 0.5) is 21.7 Å². The molecule has 0 unspecified atom stereocenters. The van der Waals surface area contributed by atoms with Gasteiger partial charge in [-0.3, -0.25) is 4.79 Å². The molecule has 0 saturated heterocycles. The van der Waals surface area contributed by atoms with Gasteiger partial charge in [0.25, 0.3) is 5.91 Å². The largest absolute Gasteiger partial charge is 0.324 e. The molecule has 3 aromatic rings. The van der Waals surface area contributed by atoms with E-state index >= 15 is 0 Å². The van der Waals surface area contributed by atoms with Gasteiger partial charge in [0.2, 0.25) is 5.95 Å². The first-order valence-corrected chi connectivity index (χ1v) is 7.75. The number of benzene rings is 2. The van der Waals surface area contributed by atoms with E-state index in [9.17, 15) is 9.18 Å². The van der Waals surface area contributed by atoms with Crippen LogP contribution in [-0.4, -0.2) is 15.9 Å². The minimum absolute atomic E-state index is 0.276. The van der Waals surface area contributed by atoms with Crippen molar-refractivity contribution in [3.8, 4) is 0 Å². The van der Waals surface area contributed by atoms with Gasteiger partial charge >= 0.3 is 0 Å². The Morgan fingerprint density at radius 1 is 1.00 bits per heavy atom. The molecule has 6 heteroatoms. The smallest absolute Gasteiger partial charge is 0.258 e. The minimum Gasteiger partial charge on any atom is -0.324 e. The van der Waals surface area contributed by atoms with Crippen LogP contribution in [0, 0.1) is 19.7 Å². The van der Waals surface area contributed by atoms with Crippen LogP contribution in [0.25, 0.3) is 0 Å². The van der Waals surface area contributed by atoms with Gasteiger partial charge in [0, 0.05) is 23.8 Å². The van der Waals surface area contributed by atoms with E-state index in [0.29, 0.717) is 17.2 Å². The van der Waals surface area contributed by atoms with Crippen LogP contribution in [-0.2, 0) is 0 Å². The normalized spacial score (nSPS) is 10.4. The second kappa shape index (κ2) is 7.09. The molecule has 0 saturated carbocycles. The Balaban J connectivity index is 1.70. The van der Waals surface area contributed by atoms with Gasteiger partial charge in [0.15, 0.2) is 0 Å². The number of hydrogen-bond donors (Lipinski definition) is 2. The average molecular weight is 336 g/mol. The lowest BCUT2D eigenvalue weighted by molar-refractivity contribution is 0.102. The Kier molecular flexibility index (Phi) is 4.70. The number of rotatable bonds is 4. The van der Waals surface area contributed by atoms with Crippen molar-refractivity contribution in [1.29, 1.82) is 0 Å². The molecule has 1 aromatic heterocycles. The Labute approximate surface area is 145 Å². The maximum atomic E-state index is 12.9. The summed E-state index contributed by atoms with van der Waals surface area (Å²) in [4.78, 5) is 20.6. The molecule has 1 heterocycles. The van der Waals surface area contributed by atoms with Crippen LogP contribution in [0.15, 0.2) is 54.9 Å². The van der Waals surface area contributed by atoms with Gasteiger partial charge in [-0.2, -0.15) is 0 Å². The second-order valence-corrected chi connectivity index (χ2v) is 5.63. The highest BCUT2D eigenvalue weighted by Gasteiger charge is 2.10. The molecular weight excluding hydrogens is 319 g/mol. The molecule has 126 valence electrons. The second-order valence-electron chi connectivity index (χ2n) is 5.63. The summed E-state index contributed by atoms with van der Waals surface area (Å²) in [5, 5.41) is 5.80. The molecule has 0 spiro atoms. The maximum absolute atomic E-state index is 12.9. The topological polar surface area (TPSA) is 66.9 Å². The van der Waals surface area contributed by atoms with Crippen LogP contribution in [0.1, 0.15) is 21.5 Å². The third-order valence-electron chi connectivity index (χ3n) is 3.87. The first kappa shape index (κ1) is 16.6. The summed E-state index contributed by atoms with van der Waals surface area (Å²) in [7, 11) is 0. The number of carbonyl (C=O) groups is 1. The van der Waals surface area contributed by atoms with Gasteiger partial charge in [-0.1, -0.05) is 12.1 Å². The van der Waals surface area contributed by atoms with E-state index in [4.69, 9.17) is 0 Å². The molecule has 2 aromatic carbocycles. The summed E-state index contributed by atoms with van der Waals surface area (Å²) in [5.41, 5.74) is 3.90. The van der Waals surface area contributed by atoms with Crippen LogP contribution in [0.5, 0.6) is 0 Å². The summed E-state index contributed by atoms with van der Waals surface area (Å²) >= 11 is 0. The quantitative estimate of drug-likeness (QED) is 0.748. The lowest BCUT2D eigenvalue weighted by Gasteiger charge is -2.10. The van der Waals surface area contributed by atoms with Crippen molar-refractivity contribution in [3.63, 3.8) is 0 Å². The number of carbonyl (C=O) groups excluding carboxylic acids is 1. The fourth-order valence-electron chi connectivity index (χ4n) is 2.25. The first-order chi connectivity index (χ1) is 12.0. The van der Waals surface area contributed by atoms with Crippen molar-refractivity contribution in [2.24, 2.45) is 0 Å². The van der Waals surface area contributed by atoms with Gasteiger partial charge in [0.05, 0.1) is 5.56 Å². The van der Waals surface area contributed by atoms with Crippen LogP contribution in [0.2, 0.25) is 0 Å². The fraction of sp³-hybridized carbons (Fsp3) is 0.105. The number of hydrogen-bond acceptors (Lipinski definition) is 4. The van der Waals surface area contributed by atoms with Gasteiger partial charge in [-0.25, -0.2) is 14.4 Å². The summed E-state index contributed by atoms with van der Waals surface area (Å²) in [6, 6.07) is 11.6. The molecule has 2 N–H and O–H groups in total. The number of aryl methyl sites for hydroxylation is 1. The number of amides is 1. The molecule has 0 bridgehead atoms. The summed E-state index contributed by atoms with van der Waals surface area (Å²) in [6.45, 7) is 3.95. The van der Waals surface area contributed by atoms with Gasteiger partial charge < -0.3 is 10.6 Å². The lowest BCUT2D eigenvalue weighted by atomic mass is 10.1. The molecule has 25 heavy (non-hydrogen) atoms. The van der Waals surface area contributed by atoms with Crippen molar-refractivity contribution in [2.45, 2.75) is 13.8 Å².